The number of halogens is 2. The molecule has 0 aromatic heterocycles. The van der Waals surface area contributed by atoms with E-state index >= 15 is 0 Å². The average Bonchev–Trinajstić information content (AvgIpc) is 3.13. The molecule has 2 aliphatic rings. The van der Waals surface area contributed by atoms with Gasteiger partial charge < -0.3 is 10.8 Å². The van der Waals surface area contributed by atoms with Crippen LogP contribution in [0.1, 0.15) is 12.8 Å². The molecule has 1 aromatic carbocycles. The molecule has 0 unspecified atom stereocenters. The predicted octanol–water partition coefficient (Wildman–Crippen LogP) is 0.692. The summed E-state index contributed by atoms with van der Waals surface area (Å²) in [6.07, 6.45) is 1.73. The van der Waals surface area contributed by atoms with Crippen molar-refractivity contribution in [1.29, 1.82) is 0 Å². The third-order valence-electron chi connectivity index (χ3n) is 3.87. The highest BCUT2D eigenvalue weighted by atomic mass is 32.2. The summed E-state index contributed by atoms with van der Waals surface area (Å²) in [6, 6.07) is 1.62. The van der Waals surface area contributed by atoms with Gasteiger partial charge in [0.05, 0.1) is 5.60 Å². The molecule has 3 N–H and O–H groups in total. The Morgan fingerprint density at radius 3 is 2.45 bits per heavy atom. The van der Waals surface area contributed by atoms with Gasteiger partial charge in [-0.1, -0.05) is 0 Å². The van der Waals surface area contributed by atoms with E-state index in [1.54, 1.807) is 0 Å². The summed E-state index contributed by atoms with van der Waals surface area (Å²) < 4.78 is 52.3. The second-order valence-corrected chi connectivity index (χ2v) is 7.37. The van der Waals surface area contributed by atoms with Crippen LogP contribution in [0, 0.1) is 17.6 Å². The minimum atomic E-state index is -4.18. The van der Waals surface area contributed by atoms with E-state index in [2.05, 4.69) is 0 Å². The van der Waals surface area contributed by atoms with Crippen LogP contribution in [-0.2, 0) is 10.0 Å². The molecule has 1 saturated carbocycles. The van der Waals surface area contributed by atoms with Crippen molar-refractivity contribution in [3.63, 3.8) is 0 Å². The highest BCUT2D eigenvalue weighted by Gasteiger charge is 2.55. The van der Waals surface area contributed by atoms with Gasteiger partial charge in [0.25, 0.3) is 0 Å². The van der Waals surface area contributed by atoms with Gasteiger partial charge in [-0.15, -0.1) is 0 Å². The zero-order chi connectivity index (χ0) is 14.7. The van der Waals surface area contributed by atoms with Gasteiger partial charge in [-0.3, -0.25) is 0 Å². The van der Waals surface area contributed by atoms with Crippen LogP contribution in [0.25, 0.3) is 0 Å². The second-order valence-electron chi connectivity index (χ2n) is 5.47. The van der Waals surface area contributed by atoms with Gasteiger partial charge in [-0.05, 0) is 30.9 Å². The Morgan fingerprint density at radius 2 is 1.90 bits per heavy atom. The van der Waals surface area contributed by atoms with E-state index in [1.165, 1.54) is 0 Å². The van der Waals surface area contributed by atoms with E-state index in [0.717, 1.165) is 29.3 Å². The van der Waals surface area contributed by atoms with Gasteiger partial charge in [-0.2, -0.15) is 4.31 Å². The average molecular weight is 304 g/mol. The van der Waals surface area contributed by atoms with E-state index in [0.29, 0.717) is 0 Å². The zero-order valence-corrected chi connectivity index (χ0v) is 11.3. The molecule has 0 amide bonds. The summed E-state index contributed by atoms with van der Waals surface area (Å²) in [5, 5.41) is 10.1. The zero-order valence-electron chi connectivity index (χ0n) is 10.5. The molecule has 8 heteroatoms. The summed E-state index contributed by atoms with van der Waals surface area (Å²) in [5.74, 6) is -2.64. The topological polar surface area (TPSA) is 83.6 Å². The number of anilines is 1. The number of β-amino-alcohol motifs (C(OH)–C–C–N with tert-alkyl or cyclic N) is 1. The number of rotatable bonds is 3. The molecule has 0 atom stereocenters. The Kier molecular flexibility index (Phi) is 2.83. The number of nitrogens with zero attached hydrogens (tertiary/aromatic N) is 1. The van der Waals surface area contributed by atoms with E-state index in [-0.39, 0.29) is 24.7 Å². The second kappa shape index (κ2) is 4.12. The number of hydrogen-bond donors (Lipinski definition) is 2. The number of hydrogen-bond acceptors (Lipinski definition) is 4. The monoisotopic (exact) mass is 304 g/mol. The number of nitrogens with two attached hydrogens (primary N) is 1. The quantitative estimate of drug-likeness (QED) is 0.805. The molecule has 1 aliphatic carbocycles. The maximum Gasteiger partial charge on any atom is 0.246 e. The largest absolute Gasteiger partial charge is 0.399 e. The first-order valence-electron chi connectivity index (χ1n) is 6.21. The summed E-state index contributed by atoms with van der Waals surface area (Å²) in [7, 11) is -4.18. The summed E-state index contributed by atoms with van der Waals surface area (Å²) in [6.45, 7) is -0.175. The van der Waals surface area contributed by atoms with E-state index < -0.39 is 32.2 Å². The summed E-state index contributed by atoms with van der Waals surface area (Å²) in [4.78, 5) is -0.784. The number of sulfonamides is 1. The molecular weight excluding hydrogens is 290 g/mol. The lowest BCUT2D eigenvalue weighted by Gasteiger charge is -2.45. The van der Waals surface area contributed by atoms with Crippen molar-refractivity contribution in [2.24, 2.45) is 5.92 Å². The summed E-state index contributed by atoms with van der Waals surface area (Å²) in [5.41, 5.74) is 4.17. The van der Waals surface area contributed by atoms with E-state index in [1.807, 2.05) is 0 Å². The first-order chi connectivity index (χ1) is 9.24. The molecule has 1 saturated heterocycles. The van der Waals surface area contributed by atoms with Gasteiger partial charge >= 0.3 is 0 Å². The molecule has 5 nitrogen and oxygen atoms in total. The SMILES string of the molecule is Nc1cc(F)c(F)c(S(=O)(=O)N2CC(O)(C3CC3)C2)c1. The van der Waals surface area contributed by atoms with E-state index in [9.17, 15) is 22.3 Å². The number of aliphatic hydroxyl groups is 1. The van der Waals surface area contributed by atoms with Crippen LogP contribution in [0.15, 0.2) is 17.0 Å². The maximum absolute atomic E-state index is 13.7. The van der Waals surface area contributed by atoms with Crippen LogP contribution >= 0.6 is 0 Å². The minimum Gasteiger partial charge on any atom is -0.399 e. The third-order valence-corrected chi connectivity index (χ3v) is 5.66. The Morgan fingerprint density at radius 1 is 1.30 bits per heavy atom. The molecule has 20 heavy (non-hydrogen) atoms. The van der Waals surface area contributed by atoms with Gasteiger partial charge in [0, 0.05) is 18.8 Å². The molecule has 110 valence electrons. The van der Waals surface area contributed by atoms with Crippen LogP contribution in [-0.4, -0.2) is 36.5 Å². The fourth-order valence-electron chi connectivity index (χ4n) is 2.52. The van der Waals surface area contributed by atoms with Gasteiger partial charge in [-0.25, -0.2) is 17.2 Å². The van der Waals surface area contributed by atoms with E-state index in [4.69, 9.17) is 5.73 Å². The standard InChI is InChI=1S/C12H14F2N2O3S/c13-9-3-8(15)4-10(11(9)14)20(18,19)16-5-12(17,6-16)7-1-2-7/h3-4,7,17H,1-2,5-6,15H2. The maximum atomic E-state index is 13.7. The molecular formula is C12H14F2N2O3S. The van der Waals surface area contributed by atoms with Gasteiger partial charge in [0.1, 0.15) is 4.90 Å². The molecule has 2 fully saturated rings. The van der Waals surface area contributed by atoms with Gasteiger partial charge in [0.2, 0.25) is 10.0 Å². The fraction of sp³-hybridized carbons (Fsp3) is 0.500. The van der Waals surface area contributed by atoms with Gasteiger partial charge in [0.15, 0.2) is 11.6 Å². The Balaban J connectivity index is 1.90. The summed E-state index contributed by atoms with van der Waals surface area (Å²) >= 11 is 0. The highest BCUT2D eigenvalue weighted by Crippen LogP contribution is 2.46. The van der Waals surface area contributed by atoms with Crippen molar-refractivity contribution >= 4 is 15.7 Å². The molecule has 3 rings (SSSR count). The van der Waals surface area contributed by atoms with Crippen LogP contribution < -0.4 is 5.73 Å². The fourth-order valence-corrected chi connectivity index (χ4v) is 4.20. The Labute approximate surface area is 115 Å². The number of nitrogen functional groups attached to an aromatic ring is 1. The van der Waals surface area contributed by atoms with Crippen LogP contribution in [0.4, 0.5) is 14.5 Å². The lowest BCUT2D eigenvalue weighted by atomic mass is 9.91. The van der Waals surface area contributed by atoms with Crippen LogP contribution in [0.5, 0.6) is 0 Å². The highest BCUT2D eigenvalue weighted by molar-refractivity contribution is 7.89. The molecule has 1 heterocycles. The molecule has 1 aliphatic heterocycles. The normalized spacial score (nSPS) is 22.6. The third kappa shape index (κ3) is 1.99. The number of benzene rings is 1. The minimum absolute atomic E-state index is 0.0874. The van der Waals surface area contributed by atoms with Crippen LogP contribution in [0.2, 0.25) is 0 Å². The molecule has 1 aromatic rings. The van der Waals surface area contributed by atoms with Crippen molar-refractivity contribution in [3.8, 4) is 0 Å². The molecule has 0 spiro atoms. The van der Waals surface area contributed by atoms with Crippen molar-refractivity contribution in [3.05, 3.63) is 23.8 Å². The van der Waals surface area contributed by atoms with Crippen molar-refractivity contribution in [1.82, 2.24) is 4.31 Å². The van der Waals surface area contributed by atoms with Crippen LogP contribution in [0.3, 0.4) is 0 Å². The van der Waals surface area contributed by atoms with Crippen molar-refractivity contribution in [2.45, 2.75) is 23.3 Å². The lowest BCUT2D eigenvalue weighted by Crippen LogP contribution is -2.64. The predicted molar refractivity (Wildman–Crippen MR) is 67.2 cm³/mol. The smallest absolute Gasteiger partial charge is 0.246 e. The molecule has 0 radical (unpaired) electrons. The Bertz CT molecular complexity index is 668. The molecule has 0 bridgehead atoms. The lowest BCUT2D eigenvalue weighted by molar-refractivity contribution is -0.0765. The Hall–Kier alpha value is -1.25. The first kappa shape index (κ1) is 13.7. The first-order valence-corrected chi connectivity index (χ1v) is 7.65. The van der Waals surface area contributed by atoms with Crippen molar-refractivity contribution in [2.75, 3.05) is 18.8 Å². The van der Waals surface area contributed by atoms with Crippen molar-refractivity contribution < 1.29 is 22.3 Å².